The highest BCUT2D eigenvalue weighted by Crippen LogP contribution is 2.36. The van der Waals surface area contributed by atoms with Crippen LogP contribution >= 0.6 is 0 Å². The van der Waals surface area contributed by atoms with Crippen molar-refractivity contribution in [3.8, 4) is 5.75 Å². The number of para-hydroxylation sites is 3. The van der Waals surface area contributed by atoms with Crippen LogP contribution < -0.4 is 15.0 Å². The number of hydrogen-bond acceptors (Lipinski definition) is 4. The van der Waals surface area contributed by atoms with Crippen LogP contribution in [0.1, 0.15) is 22.3 Å². The first-order valence-electron chi connectivity index (χ1n) is 10.1. The lowest BCUT2D eigenvalue weighted by atomic mass is 9.99. The van der Waals surface area contributed by atoms with Crippen molar-refractivity contribution in [3.63, 3.8) is 0 Å². The van der Waals surface area contributed by atoms with E-state index in [1.807, 2.05) is 75.4 Å². The molecule has 0 bridgehead atoms. The Morgan fingerprint density at radius 1 is 0.774 bits per heavy atom. The Balaban J connectivity index is 1.88. The summed E-state index contributed by atoms with van der Waals surface area (Å²) in [6.07, 6.45) is 0. The number of nitrogens with zero attached hydrogens (tertiary/aromatic N) is 1. The second-order valence-corrected chi connectivity index (χ2v) is 7.61. The van der Waals surface area contributed by atoms with Gasteiger partial charge in [0.25, 0.3) is 11.8 Å². The van der Waals surface area contributed by atoms with Gasteiger partial charge in [0.1, 0.15) is 11.4 Å². The second kappa shape index (κ2) is 8.11. The number of benzene rings is 3. The van der Waals surface area contributed by atoms with E-state index in [1.54, 1.807) is 19.2 Å². The minimum absolute atomic E-state index is 0.237. The van der Waals surface area contributed by atoms with Gasteiger partial charge in [0, 0.05) is 0 Å². The summed E-state index contributed by atoms with van der Waals surface area (Å²) >= 11 is 0. The first-order valence-corrected chi connectivity index (χ1v) is 10.1. The third-order valence-corrected chi connectivity index (χ3v) is 5.60. The number of methoxy groups -OCH3 is 1. The summed E-state index contributed by atoms with van der Waals surface area (Å²) in [5.74, 6) is -0.151. The van der Waals surface area contributed by atoms with Crippen molar-refractivity contribution >= 4 is 28.8 Å². The van der Waals surface area contributed by atoms with Crippen LogP contribution in [0.4, 0.5) is 11.4 Å². The monoisotopic (exact) mass is 412 g/mol. The maximum absolute atomic E-state index is 13.6. The van der Waals surface area contributed by atoms with Crippen LogP contribution in [0.5, 0.6) is 5.75 Å². The zero-order chi connectivity index (χ0) is 22.1. The summed E-state index contributed by atoms with van der Waals surface area (Å²) in [5.41, 5.74) is 5.51. The number of imide groups is 1. The fourth-order valence-electron chi connectivity index (χ4n) is 3.73. The number of carbonyl (C=O) groups is 2. The largest absolute Gasteiger partial charge is 0.495 e. The first-order chi connectivity index (χ1) is 14.9. The van der Waals surface area contributed by atoms with E-state index in [-0.39, 0.29) is 11.6 Å². The van der Waals surface area contributed by atoms with Crippen LogP contribution in [0.3, 0.4) is 0 Å². The number of anilines is 2. The summed E-state index contributed by atoms with van der Waals surface area (Å²) in [5, 5.41) is 3.19. The maximum Gasteiger partial charge on any atom is 0.282 e. The van der Waals surface area contributed by atoms with Gasteiger partial charge in [-0.15, -0.1) is 0 Å². The molecular formula is C26H24N2O3. The van der Waals surface area contributed by atoms with Gasteiger partial charge in [-0.25, -0.2) is 4.90 Å². The van der Waals surface area contributed by atoms with E-state index in [0.29, 0.717) is 28.3 Å². The number of rotatable bonds is 5. The molecule has 1 N–H and O–H groups in total. The van der Waals surface area contributed by atoms with Crippen LogP contribution in [-0.4, -0.2) is 18.9 Å². The lowest BCUT2D eigenvalue weighted by Gasteiger charge is -2.18. The molecule has 0 atom stereocenters. The predicted molar refractivity (Wildman–Crippen MR) is 123 cm³/mol. The average molecular weight is 412 g/mol. The molecule has 3 aromatic rings. The SMILES string of the molecule is COc1ccccc1NC1=C(c2ccc(C)c(C)c2)C(=O)N(c2ccccc2C)C1=O. The van der Waals surface area contributed by atoms with E-state index in [2.05, 4.69) is 5.32 Å². The third-order valence-electron chi connectivity index (χ3n) is 5.60. The number of amides is 2. The molecule has 0 unspecified atom stereocenters. The number of nitrogens with one attached hydrogen (secondary N) is 1. The normalized spacial score (nSPS) is 13.7. The molecule has 0 aromatic heterocycles. The molecule has 4 rings (SSSR count). The molecule has 3 aromatic carbocycles. The molecule has 0 saturated heterocycles. The molecule has 0 fully saturated rings. The van der Waals surface area contributed by atoms with Crippen LogP contribution in [0.2, 0.25) is 0 Å². The lowest BCUT2D eigenvalue weighted by Crippen LogP contribution is -2.33. The third kappa shape index (κ3) is 3.59. The molecular weight excluding hydrogens is 388 g/mol. The van der Waals surface area contributed by atoms with Crippen molar-refractivity contribution in [2.24, 2.45) is 0 Å². The van der Waals surface area contributed by atoms with Gasteiger partial charge >= 0.3 is 0 Å². The molecule has 1 aliphatic rings. The highest BCUT2D eigenvalue weighted by Gasteiger charge is 2.41. The Bertz CT molecular complexity index is 1230. The van der Waals surface area contributed by atoms with Gasteiger partial charge in [0.05, 0.1) is 24.1 Å². The molecule has 0 spiro atoms. The number of aryl methyl sites for hydroxylation is 3. The van der Waals surface area contributed by atoms with Crippen LogP contribution in [0.25, 0.3) is 5.57 Å². The molecule has 0 radical (unpaired) electrons. The minimum atomic E-state index is -0.390. The van der Waals surface area contributed by atoms with Crippen LogP contribution in [-0.2, 0) is 9.59 Å². The highest BCUT2D eigenvalue weighted by atomic mass is 16.5. The van der Waals surface area contributed by atoms with Gasteiger partial charge in [0.2, 0.25) is 0 Å². The summed E-state index contributed by atoms with van der Waals surface area (Å²) in [6, 6.07) is 20.5. The van der Waals surface area contributed by atoms with Crippen molar-refractivity contribution in [2.75, 3.05) is 17.3 Å². The Kier molecular flexibility index (Phi) is 5.34. The highest BCUT2D eigenvalue weighted by molar-refractivity contribution is 6.46. The summed E-state index contributed by atoms with van der Waals surface area (Å²) in [4.78, 5) is 28.4. The Labute approximate surface area is 182 Å². The topological polar surface area (TPSA) is 58.6 Å². The molecule has 156 valence electrons. The van der Waals surface area contributed by atoms with Gasteiger partial charge < -0.3 is 10.1 Å². The van der Waals surface area contributed by atoms with Crippen molar-refractivity contribution in [2.45, 2.75) is 20.8 Å². The van der Waals surface area contributed by atoms with E-state index in [4.69, 9.17) is 4.74 Å². The smallest absolute Gasteiger partial charge is 0.282 e. The molecule has 5 heteroatoms. The summed E-state index contributed by atoms with van der Waals surface area (Å²) in [7, 11) is 1.57. The lowest BCUT2D eigenvalue weighted by molar-refractivity contribution is -0.120. The standard InChI is InChI=1S/C26H24N2O3/c1-16-13-14-19(15-18(16)3)23-24(27-20-10-6-8-12-22(20)31-4)26(30)28(25(23)29)21-11-7-5-9-17(21)2/h5-15,27H,1-4H3. The molecule has 31 heavy (non-hydrogen) atoms. The van der Waals surface area contributed by atoms with Gasteiger partial charge in [-0.1, -0.05) is 48.5 Å². The van der Waals surface area contributed by atoms with E-state index in [1.165, 1.54) is 4.90 Å². The Morgan fingerprint density at radius 2 is 1.48 bits per heavy atom. The van der Waals surface area contributed by atoms with Crippen LogP contribution in [0, 0.1) is 20.8 Å². The van der Waals surface area contributed by atoms with Gasteiger partial charge in [0.15, 0.2) is 0 Å². The zero-order valence-electron chi connectivity index (χ0n) is 18.0. The molecule has 0 saturated carbocycles. The molecule has 2 amide bonds. The van der Waals surface area contributed by atoms with Crippen molar-refractivity contribution in [1.29, 1.82) is 0 Å². The number of hydrogen-bond donors (Lipinski definition) is 1. The molecule has 0 aliphatic carbocycles. The van der Waals surface area contributed by atoms with Gasteiger partial charge in [-0.2, -0.15) is 0 Å². The van der Waals surface area contributed by atoms with E-state index >= 15 is 0 Å². The Morgan fingerprint density at radius 3 is 2.19 bits per heavy atom. The van der Waals surface area contributed by atoms with E-state index < -0.39 is 5.91 Å². The fraction of sp³-hybridized carbons (Fsp3) is 0.154. The van der Waals surface area contributed by atoms with E-state index in [0.717, 1.165) is 16.7 Å². The van der Waals surface area contributed by atoms with Crippen molar-refractivity contribution in [3.05, 3.63) is 94.7 Å². The molecule has 1 aliphatic heterocycles. The van der Waals surface area contributed by atoms with Crippen molar-refractivity contribution in [1.82, 2.24) is 0 Å². The second-order valence-electron chi connectivity index (χ2n) is 7.61. The minimum Gasteiger partial charge on any atom is -0.495 e. The average Bonchev–Trinajstić information content (AvgIpc) is 3.00. The predicted octanol–water partition coefficient (Wildman–Crippen LogP) is 5.02. The quantitative estimate of drug-likeness (QED) is 0.598. The van der Waals surface area contributed by atoms with Gasteiger partial charge in [-0.05, 0) is 61.2 Å². The van der Waals surface area contributed by atoms with Crippen LogP contribution in [0.15, 0.2) is 72.4 Å². The number of carbonyl (C=O) groups excluding carboxylic acids is 2. The zero-order valence-corrected chi connectivity index (χ0v) is 18.0. The fourth-order valence-corrected chi connectivity index (χ4v) is 3.73. The summed E-state index contributed by atoms with van der Waals surface area (Å²) < 4.78 is 5.43. The van der Waals surface area contributed by atoms with Crippen molar-refractivity contribution < 1.29 is 14.3 Å². The molecule has 1 heterocycles. The number of ether oxygens (including phenoxy) is 1. The Hall–Kier alpha value is -3.86. The van der Waals surface area contributed by atoms with E-state index in [9.17, 15) is 9.59 Å². The maximum atomic E-state index is 13.6. The first kappa shape index (κ1) is 20.4. The summed E-state index contributed by atoms with van der Waals surface area (Å²) in [6.45, 7) is 5.90. The molecule has 5 nitrogen and oxygen atoms in total. The van der Waals surface area contributed by atoms with Gasteiger partial charge in [-0.3, -0.25) is 9.59 Å².